The summed E-state index contributed by atoms with van der Waals surface area (Å²) < 4.78 is 10.9. The SMILES string of the molecule is OCCc1c(Cl)ccc2c1OCCO2. The van der Waals surface area contributed by atoms with E-state index in [2.05, 4.69) is 0 Å². The molecule has 0 saturated heterocycles. The minimum atomic E-state index is 0.0551. The van der Waals surface area contributed by atoms with Crippen LogP contribution in [0.25, 0.3) is 0 Å². The lowest BCUT2D eigenvalue weighted by atomic mass is 10.1. The van der Waals surface area contributed by atoms with Gasteiger partial charge >= 0.3 is 0 Å². The zero-order valence-electron chi connectivity index (χ0n) is 7.62. The average Bonchev–Trinajstić information content (AvgIpc) is 2.23. The van der Waals surface area contributed by atoms with Gasteiger partial charge in [-0.15, -0.1) is 0 Å². The largest absolute Gasteiger partial charge is 0.486 e. The van der Waals surface area contributed by atoms with Crippen LogP contribution in [-0.2, 0) is 6.42 Å². The maximum absolute atomic E-state index is 8.89. The number of hydrogen-bond donors (Lipinski definition) is 1. The summed E-state index contributed by atoms with van der Waals surface area (Å²) in [7, 11) is 0. The smallest absolute Gasteiger partial charge is 0.166 e. The molecule has 1 aromatic rings. The molecule has 3 nitrogen and oxygen atoms in total. The molecule has 0 radical (unpaired) electrons. The molecule has 0 unspecified atom stereocenters. The second-order valence-electron chi connectivity index (χ2n) is 3.02. The first-order valence-electron chi connectivity index (χ1n) is 4.51. The van der Waals surface area contributed by atoms with Crippen molar-refractivity contribution in [2.75, 3.05) is 19.8 Å². The monoisotopic (exact) mass is 214 g/mol. The molecule has 76 valence electrons. The summed E-state index contributed by atoms with van der Waals surface area (Å²) in [5.41, 5.74) is 0.825. The van der Waals surface area contributed by atoms with E-state index in [0.717, 1.165) is 5.56 Å². The van der Waals surface area contributed by atoms with Gasteiger partial charge in [0.05, 0.1) is 0 Å². The van der Waals surface area contributed by atoms with Gasteiger partial charge in [0, 0.05) is 23.6 Å². The fraction of sp³-hybridized carbons (Fsp3) is 0.400. The van der Waals surface area contributed by atoms with E-state index in [1.54, 1.807) is 12.1 Å². The third-order valence-corrected chi connectivity index (χ3v) is 2.47. The first kappa shape index (κ1) is 9.62. The third-order valence-electron chi connectivity index (χ3n) is 2.12. The summed E-state index contributed by atoms with van der Waals surface area (Å²) in [5.74, 6) is 1.39. The lowest BCUT2D eigenvalue weighted by molar-refractivity contribution is 0.169. The quantitative estimate of drug-likeness (QED) is 0.814. The van der Waals surface area contributed by atoms with Crippen LogP contribution in [0.2, 0.25) is 5.02 Å². The summed E-state index contributed by atoms with van der Waals surface area (Å²) in [5, 5.41) is 9.50. The van der Waals surface area contributed by atoms with Crippen LogP contribution in [0, 0.1) is 0 Å². The van der Waals surface area contributed by atoms with Gasteiger partial charge in [-0.25, -0.2) is 0 Å². The summed E-state index contributed by atoms with van der Waals surface area (Å²) in [6.45, 7) is 1.15. The van der Waals surface area contributed by atoms with Crippen molar-refractivity contribution in [2.24, 2.45) is 0 Å². The van der Waals surface area contributed by atoms with Crippen molar-refractivity contribution in [1.29, 1.82) is 0 Å². The maximum atomic E-state index is 8.89. The molecule has 1 aliphatic rings. The molecule has 0 bridgehead atoms. The molecule has 2 rings (SSSR count). The Morgan fingerprint density at radius 3 is 2.86 bits per heavy atom. The first-order chi connectivity index (χ1) is 6.83. The molecular weight excluding hydrogens is 204 g/mol. The number of hydrogen-bond acceptors (Lipinski definition) is 3. The van der Waals surface area contributed by atoms with Gasteiger partial charge in [0.15, 0.2) is 11.5 Å². The molecule has 0 atom stereocenters. The van der Waals surface area contributed by atoms with Crippen LogP contribution >= 0.6 is 11.6 Å². The summed E-state index contributed by atoms with van der Waals surface area (Å²) >= 11 is 5.99. The Bertz CT molecular complexity index is 338. The molecule has 0 aromatic heterocycles. The van der Waals surface area contributed by atoms with Gasteiger partial charge in [-0.3, -0.25) is 0 Å². The van der Waals surface area contributed by atoms with E-state index >= 15 is 0 Å². The zero-order valence-corrected chi connectivity index (χ0v) is 8.38. The van der Waals surface area contributed by atoms with Crippen molar-refractivity contribution in [3.63, 3.8) is 0 Å². The van der Waals surface area contributed by atoms with Crippen molar-refractivity contribution in [3.8, 4) is 11.5 Å². The highest BCUT2D eigenvalue weighted by Gasteiger charge is 2.17. The molecule has 0 fully saturated rings. The van der Waals surface area contributed by atoms with Crippen LogP contribution in [0.3, 0.4) is 0 Å². The van der Waals surface area contributed by atoms with E-state index < -0.39 is 0 Å². The Hall–Kier alpha value is -0.930. The molecule has 14 heavy (non-hydrogen) atoms. The number of fused-ring (bicyclic) bond motifs is 1. The standard InChI is InChI=1S/C10H11ClO3/c11-8-1-2-9-10(7(8)3-4-12)14-6-5-13-9/h1-2,12H,3-6H2. The predicted octanol–water partition coefficient (Wildman–Crippen LogP) is 1.65. The fourth-order valence-electron chi connectivity index (χ4n) is 1.49. The number of aliphatic hydroxyl groups is 1. The molecule has 1 aliphatic heterocycles. The maximum Gasteiger partial charge on any atom is 0.166 e. The van der Waals surface area contributed by atoms with E-state index in [4.69, 9.17) is 26.2 Å². The van der Waals surface area contributed by atoms with Gasteiger partial charge in [-0.05, 0) is 12.1 Å². The van der Waals surface area contributed by atoms with E-state index in [-0.39, 0.29) is 6.61 Å². The van der Waals surface area contributed by atoms with Crippen LogP contribution in [0.5, 0.6) is 11.5 Å². The summed E-state index contributed by atoms with van der Waals surface area (Å²) in [6.07, 6.45) is 0.491. The third kappa shape index (κ3) is 1.65. The number of rotatable bonds is 2. The van der Waals surface area contributed by atoms with E-state index in [1.165, 1.54) is 0 Å². The molecule has 1 aromatic carbocycles. The number of ether oxygens (including phenoxy) is 2. The van der Waals surface area contributed by atoms with Crippen LogP contribution in [-0.4, -0.2) is 24.9 Å². The second kappa shape index (κ2) is 4.07. The van der Waals surface area contributed by atoms with Gasteiger partial charge in [0.25, 0.3) is 0 Å². The van der Waals surface area contributed by atoms with Gasteiger partial charge in [-0.1, -0.05) is 11.6 Å². The van der Waals surface area contributed by atoms with Crippen molar-refractivity contribution in [1.82, 2.24) is 0 Å². The normalized spacial score (nSPS) is 14.1. The van der Waals surface area contributed by atoms with Gasteiger partial charge in [0.1, 0.15) is 13.2 Å². The highest BCUT2D eigenvalue weighted by Crippen LogP contribution is 2.38. The molecule has 0 aliphatic carbocycles. The van der Waals surface area contributed by atoms with Gasteiger partial charge in [-0.2, -0.15) is 0 Å². The Balaban J connectivity index is 2.43. The van der Waals surface area contributed by atoms with Crippen LogP contribution < -0.4 is 9.47 Å². The molecule has 4 heteroatoms. The molecule has 0 spiro atoms. The fourth-order valence-corrected chi connectivity index (χ4v) is 1.74. The van der Waals surface area contributed by atoms with E-state index in [1.807, 2.05) is 0 Å². The topological polar surface area (TPSA) is 38.7 Å². The van der Waals surface area contributed by atoms with Crippen molar-refractivity contribution in [2.45, 2.75) is 6.42 Å². The van der Waals surface area contributed by atoms with Crippen molar-refractivity contribution >= 4 is 11.6 Å². The van der Waals surface area contributed by atoms with Gasteiger partial charge < -0.3 is 14.6 Å². The zero-order chi connectivity index (χ0) is 9.97. The van der Waals surface area contributed by atoms with Crippen molar-refractivity contribution in [3.05, 3.63) is 22.7 Å². The Morgan fingerprint density at radius 1 is 1.29 bits per heavy atom. The van der Waals surface area contributed by atoms with Crippen LogP contribution in [0.15, 0.2) is 12.1 Å². The molecular formula is C10H11ClO3. The number of benzene rings is 1. The summed E-state index contributed by atoms with van der Waals surface area (Å²) in [6, 6.07) is 3.55. The van der Waals surface area contributed by atoms with E-state index in [9.17, 15) is 0 Å². The van der Waals surface area contributed by atoms with Crippen molar-refractivity contribution < 1.29 is 14.6 Å². The summed E-state index contributed by atoms with van der Waals surface area (Å²) in [4.78, 5) is 0. The number of halogens is 1. The Kier molecular flexibility index (Phi) is 2.79. The molecule has 1 heterocycles. The average molecular weight is 215 g/mol. The minimum Gasteiger partial charge on any atom is -0.486 e. The highest BCUT2D eigenvalue weighted by atomic mass is 35.5. The Labute approximate surface area is 87.2 Å². The number of aliphatic hydroxyl groups excluding tert-OH is 1. The lowest BCUT2D eigenvalue weighted by Crippen LogP contribution is -2.17. The highest BCUT2D eigenvalue weighted by molar-refractivity contribution is 6.31. The molecule has 1 N–H and O–H groups in total. The molecule has 0 saturated carbocycles. The first-order valence-corrected chi connectivity index (χ1v) is 4.88. The molecule has 0 amide bonds. The minimum absolute atomic E-state index is 0.0551. The Morgan fingerprint density at radius 2 is 2.07 bits per heavy atom. The van der Waals surface area contributed by atoms with E-state index in [0.29, 0.717) is 36.2 Å². The van der Waals surface area contributed by atoms with Crippen LogP contribution in [0.4, 0.5) is 0 Å². The second-order valence-corrected chi connectivity index (χ2v) is 3.43. The van der Waals surface area contributed by atoms with Crippen LogP contribution in [0.1, 0.15) is 5.56 Å². The van der Waals surface area contributed by atoms with Gasteiger partial charge in [0.2, 0.25) is 0 Å². The lowest BCUT2D eigenvalue weighted by Gasteiger charge is -2.21. The predicted molar refractivity (Wildman–Crippen MR) is 53.2 cm³/mol.